The van der Waals surface area contributed by atoms with E-state index in [-0.39, 0.29) is 28.3 Å². The zero-order valence-electron chi connectivity index (χ0n) is 8.56. The molecule has 4 nitrogen and oxygen atoms in total. The summed E-state index contributed by atoms with van der Waals surface area (Å²) >= 11 is 5.90. The first-order chi connectivity index (χ1) is 7.59. The van der Waals surface area contributed by atoms with E-state index in [1.54, 1.807) is 4.90 Å². The fraction of sp³-hybridized carbons (Fsp3) is 0.364. The van der Waals surface area contributed by atoms with Gasteiger partial charge in [0, 0.05) is 13.1 Å². The number of aromatic hydroxyl groups is 2. The summed E-state index contributed by atoms with van der Waals surface area (Å²) in [6.45, 7) is 1.07. The Labute approximate surface area is 98.1 Å². The number of likely N-dealkylation sites (tertiary alicyclic amines) is 1. The molecule has 1 atom stereocenters. The molecule has 1 aliphatic rings. The lowest BCUT2D eigenvalue weighted by Gasteiger charge is -2.16. The lowest BCUT2D eigenvalue weighted by Crippen LogP contribution is -2.28. The third-order valence-electron chi connectivity index (χ3n) is 2.66. The van der Waals surface area contributed by atoms with Crippen LogP contribution < -0.4 is 0 Å². The van der Waals surface area contributed by atoms with E-state index in [2.05, 4.69) is 0 Å². The molecule has 1 heterocycles. The number of halogens is 1. The van der Waals surface area contributed by atoms with Gasteiger partial charge in [0.2, 0.25) is 0 Å². The number of hydrogen-bond donors (Lipinski definition) is 2. The third kappa shape index (κ3) is 1.93. The number of rotatable bonds is 1. The summed E-state index contributed by atoms with van der Waals surface area (Å²) in [4.78, 5) is 13.5. The number of phenols is 2. The molecule has 0 aromatic heterocycles. The van der Waals surface area contributed by atoms with Gasteiger partial charge in [0.15, 0.2) is 11.5 Å². The van der Waals surface area contributed by atoms with Gasteiger partial charge in [0.05, 0.1) is 10.9 Å². The molecule has 5 heteroatoms. The number of carbonyl (C=O) groups is 1. The second kappa shape index (κ2) is 4.22. The molecule has 0 saturated carbocycles. The second-order valence-electron chi connectivity index (χ2n) is 3.81. The fourth-order valence-corrected chi connectivity index (χ4v) is 2.04. The van der Waals surface area contributed by atoms with Crippen LogP contribution >= 0.6 is 11.6 Å². The number of amides is 1. The topological polar surface area (TPSA) is 60.8 Å². The summed E-state index contributed by atoms with van der Waals surface area (Å²) in [6, 6.07) is 4.34. The van der Waals surface area contributed by atoms with Crippen LogP contribution in [0.15, 0.2) is 18.2 Å². The van der Waals surface area contributed by atoms with Crippen molar-refractivity contribution in [3.05, 3.63) is 23.8 Å². The SMILES string of the molecule is O=C(c1cccc(O)c1O)N1CCC(Cl)C1. The number of hydrogen-bond acceptors (Lipinski definition) is 3. The van der Waals surface area contributed by atoms with Crippen molar-refractivity contribution in [3.8, 4) is 11.5 Å². The normalized spacial score (nSPS) is 20.1. The molecule has 1 aromatic carbocycles. The van der Waals surface area contributed by atoms with Crippen molar-refractivity contribution in [1.29, 1.82) is 0 Å². The van der Waals surface area contributed by atoms with Crippen LogP contribution in [0.3, 0.4) is 0 Å². The maximum absolute atomic E-state index is 12.0. The average molecular weight is 242 g/mol. The first-order valence-electron chi connectivity index (χ1n) is 5.04. The highest BCUT2D eigenvalue weighted by Gasteiger charge is 2.27. The number of carbonyl (C=O) groups excluding carboxylic acids is 1. The summed E-state index contributed by atoms with van der Waals surface area (Å²) in [5.41, 5.74) is 0.116. The maximum Gasteiger partial charge on any atom is 0.257 e. The second-order valence-corrected chi connectivity index (χ2v) is 4.43. The molecule has 1 amide bonds. The molecule has 86 valence electrons. The van der Waals surface area contributed by atoms with Crippen molar-refractivity contribution in [2.45, 2.75) is 11.8 Å². The quantitative estimate of drug-likeness (QED) is 0.579. The highest BCUT2D eigenvalue weighted by molar-refractivity contribution is 6.21. The van der Waals surface area contributed by atoms with Crippen LogP contribution in [0.2, 0.25) is 0 Å². The molecule has 1 aliphatic heterocycles. The Kier molecular flexibility index (Phi) is 2.92. The fourth-order valence-electron chi connectivity index (χ4n) is 1.78. The van der Waals surface area contributed by atoms with Gasteiger partial charge in [-0.1, -0.05) is 6.07 Å². The number of phenolic OH excluding ortho intramolecular Hbond substituents is 2. The lowest BCUT2D eigenvalue weighted by atomic mass is 10.1. The molecule has 0 bridgehead atoms. The van der Waals surface area contributed by atoms with E-state index >= 15 is 0 Å². The van der Waals surface area contributed by atoms with E-state index < -0.39 is 0 Å². The largest absolute Gasteiger partial charge is 0.504 e. The van der Waals surface area contributed by atoms with Gasteiger partial charge < -0.3 is 15.1 Å². The molecule has 1 aromatic rings. The zero-order chi connectivity index (χ0) is 11.7. The van der Waals surface area contributed by atoms with Crippen LogP contribution in [-0.2, 0) is 0 Å². The van der Waals surface area contributed by atoms with Crippen molar-refractivity contribution in [2.75, 3.05) is 13.1 Å². The number of para-hydroxylation sites is 1. The van der Waals surface area contributed by atoms with Gasteiger partial charge in [-0.25, -0.2) is 0 Å². The van der Waals surface area contributed by atoms with Gasteiger partial charge in [-0.2, -0.15) is 0 Å². The van der Waals surface area contributed by atoms with Crippen LogP contribution in [0.1, 0.15) is 16.8 Å². The van der Waals surface area contributed by atoms with Gasteiger partial charge in [-0.05, 0) is 18.6 Å². The predicted octanol–water partition coefficient (Wildman–Crippen LogP) is 1.55. The Hall–Kier alpha value is -1.42. The molecule has 1 unspecified atom stereocenters. The minimum absolute atomic E-state index is 0.0246. The highest BCUT2D eigenvalue weighted by Crippen LogP contribution is 2.30. The predicted molar refractivity (Wildman–Crippen MR) is 59.9 cm³/mol. The first kappa shape index (κ1) is 11.1. The van der Waals surface area contributed by atoms with Crippen LogP contribution in [0.25, 0.3) is 0 Å². The van der Waals surface area contributed by atoms with Crippen molar-refractivity contribution in [3.63, 3.8) is 0 Å². The van der Waals surface area contributed by atoms with Gasteiger partial charge in [0.25, 0.3) is 5.91 Å². The summed E-state index contributed by atoms with van der Waals surface area (Å²) in [6.07, 6.45) is 0.757. The molecular weight excluding hydrogens is 230 g/mol. The van der Waals surface area contributed by atoms with Crippen LogP contribution in [0.4, 0.5) is 0 Å². The highest BCUT2D eigenvalue weighted by atomic mass is 35.5. The molecule has 1 fully saturated rings. The summed E-state index contributed by atoms with van der Waals surface area (Å²) in [7, 11) is 0. The van der Waals surface area contributed by atoms with Crippen LogP contribution in [0.5, 0.6) is 11.5 Å². The van der Waals surface area contributed by atoms with E-state index in [4.69, 9.17) is 11.6 Å². The number of nitrogens with zero attached hydrogens (tertiary/aromatic N) is 1. The molecule has 0 spiro atoms. The Bertz CT molecular complexity index is 422. The summed E-state index contributed by atoms with van der Waals surface area (Å²) in [5, 5.41) is 18.8. The van der Waals surface area contributed by atoms with Gasteiger partial charge >= 0.3 is 0 Å². The molecule has 0 aliphatic carbocycles. The standard InChI is InChI=1S/C11H12ClNO3/c12-7-4-5-13(6-7)11(16)8-2-1-3-9(14)10(8)15/h1-3,7,14-15H,4-6H2. The van der Waals surface area contributed by atoms with Gasteiger partial charge in [-0.3, -0.25) is 4.79 Å². The minimum atomic E-state index is -0.370. The van der Waals surface area contributed by atoms with Crippen molar-refractivity contribution >= 4 is 17.5 Å². The van der Waals surface area contributed by atoms with Crippen molar-refractivity contribution in [1.82, 2.24) is 4.90 Å². The van der Waals surface area contributed by atoms with E-state index in [0.29, 0.717) is 13.1 Å². The summed E-state index contributed by atoms with van der Waals surface area (Å²) in [5.74, 6) is -0.949. The molecule has 0 radical (unpaired) electrons. The monoisotopic (exact) mass is 241 g/mol. The minimum Gasteiger partial charge on any atom is -0.504 e. The van der Waals surface area contributed by atoms with Crippen molar-refractivity contribution in [2.24, 2.45) is 0 Å². The average Bonchev–Trinajstić information content (AvgIpc) is 2.68. The first-order valence-corrected chi connectivity index (χ1v) is 5.47. The Morgan fingerprint density at radius 3 is 2.81 bits per heavy atom. The maximum atomic E-state index is 12.0. The molecule has 2 rings (SSSR count). The Morgan fingerprint density at radius 1 is 1.44 bits per heavy atom. The number of benzene rings is 1. The van der Waals surface area contributed by atoms with E-state index in [1.165, 1.54) is 18.2 Å². The van der Waals surface area contributed by atoms with Crippen molar-refractivity contribution < 1.29 is 15.0 Å². The molecule has 16 heavy (non-hydrogen) atoms. The molecule has 2 N–H and O–H groups in total. The number of alkyl halides is 1. The molecule has 1 saturated heterocycles. The third-order valence-corrected chi connectivity index (χ3v) is 3.02. The van der Waals surface area contributed by atoms with Crippen LogP contribution in [-0.4, -0.2) is 39.5 Å². The van der Waals surface area contributed by atoms with E-state index in [9.17, 15) is 15.0 Å². The zero-order valence-corrected chi connectivity index (χ0v) is 9.31. The lowest BCUT2D eigenvalue weighted by molar-refractivity contribution is 0.0789. The summed E-state index contributed by atoms with van der Waals surface area (Å²) < 4.78 is 0. The Balaban J connectivity index is 2.24. The Morgan fingerprint density at radius 2 is 2.19 bits per heavy atom. The molecular formula is C11H12ClNO3. The smallest absolute Gasteiger partial charge is 0.257 e. The van der Waals surface area contributed by atoms with Gasteiger partial charge in [-0.15, -0.1) is 11.6 Å². The van der Waals surface area contributed by atoms with E-state index in [1.807, 2.05) is 0 Å². The van der Waals surface area contributed by atoms with E-state index in [0.717, 1.165) is 6.42 Å². The van der Waals surface area contributed by atoms with Gasteiger partial charge in [0.1, 0.15) is 0 Å². The van der Waals surface area contributed by atoms with Crippen LogP contribution in [0, 0.1) is 0 Å².